The van der Waals surface area contributed by atoms with E-state index in [9.17, 15) is 14.4 Å². The number of ether oxygens (including phenoxy) is 1. The number of anilines is 1. The normalized spacial score (nSPS) is 15.4. The summed E-state index contributed by atoms with van der Waals surface area (Å²) in [5.74, 6) is -0.412. The van der Waals surface area contributed by atoms with Crippen molar-refractivity contribution in [2.24, 2.45) is 5.41 Å². The van der Waals surface area contributed by atoms with Crippen molar-refractivity contribution in [1.82, 2.24) is 19.8 Å². The zero-order valence-electron chi connectivity index (χ0n) is 24.2. The second-order valence-corrected chi connectivity index (χ2v) is 11.5. The minimum atomic E-state index is -0.931. The summed E-state index contributed by atoms with van der Waals surface area (Å²) in [6.07, 6.45) is 7.47. The Morgan fingerprint density at radius 2 is 1.56 bits per heavy atom. The minimum Gasteiger partial charge on any atom is -0.374 e. The van der Waals surface area contributed by atoms with Crippen molar-refractivity contribution in [3.05, 3.63) is 84.3 Å². The SMILES string of the molecule is CC(C)(C)C(=O)NC(COCc1ccccc1)C(=O)Nc1cn(C(C(=O)N2CCCCCC2)c2ccccc2)cn1. The lowest BCUT2D eigenvalue weighted by Crippen LogP contribution is -2.50. The van der Waals surface area contributed by atoms with E-state index in [0.29, 0.717) is 6.61 Å². The molecule has 0 spiro atoms. The number of hydrogen-bond donors (Lipinski definition) is 2. The molecule has 2 aromatic carbocycles. The van der Waals surface area contributed by atoms with Crippen LogP contribution < -0.4 is 10.6 Å². The molecule has 1 aromatic heterocycles. The molecule has 2 unspecified atom stereocenters. The van der Waals surface area contributed by atoms with Crippen LogP contribution in [0.15, 0.2) is 73.2 Å². The second kappa shape index (κ2) is 14.1. The van der Waals surface area contributed by atoms with E-state index in [-0.39, 0.29) is 24.2 Å². The number of carbonyl (C=O) groups excluding carboxylic acids is 3. The lowest BCUT2D eigenvalue weighted by Gasteiger charge is -2.27. The number of benzene rings is 2. The van der Waals surface area contributed by atoms with Crippen LogP contribution in [0.25, 0.3) is 0 Å². The van der Waals surface area contributed by atoms with Crippen LogP contribution in [0.1, 0.15) is 63.6 Å². The molecule has 0 bridgehead atoms. The number of amides is 3. The smallest absolute Gasteiger partial charge is 0.250 e. The monoisotopic (exact) mass is 559 g/mol. The van der Waals surface area contributed by atoms with Gasteiger partial charge in [0.1, 0.15) is 12.1 Å². The first-order valence-electron chi connectivity index (χ1n) is 14.3. The van der Waals surface area contributed by atoms with Gasteiger partial charge in [0, 0.05) is 24.7 Å². The van der Waals surface area contributed by atoms with Crippen molar-refractivity contribution in [2.45, 2.75) is 65.1 Å². The first-order valence-corrected chi connectivity index (χ1v) is 14.3. The Balaban J connectivity index is 1.50. The van der Waals surface area contributed by atoms with Gasteiger partial charge in [0.05, 0.1) is 19.5 Å². The van der Waals surface area contributed by atoms with Crippen molar-refractivity contribution in [3.8, 4) is 0 Å². The maximum absolute atomic E-state index is 13.8. The molecule has 218 valence electrons. The van der Waals surface area contributed by atoms with E-state index in [4.69, 9.17) is 4.74 Å². The summed E-state index contributed by atoms with van der Waals surface area (Å²) in [6.45, 7) is 7.13. The lowest BCUT2D eigenvalue weighted by atomic mass is 9.95. The Morgan fingerprint density at radius 3 is 2.20 bits per heavy atom. The molecule has 1 fully saturated rings. The standard InChI is InChI=1S/C32H41N5O4/c1-32(2,3)31(40)34-26(22-41-21-24-14-8-6-9-15-24)29(38)35-27-20-37(23-33-27)28(25-16-10-7-11-17-25)30(39)36-18-12-4-5-13-19-36/h6-11,14-17,20,23,26,28H,4-5,12-13,18-19,21-22H2,1-3H3,(H,34,40)(H,35,38). The molecule has 41 heavy (non-hydrogen) atoms. The number of hydrogen-bond acceptors (Lipinski definition) is 5. The summed E-state index contributed by atoms with van der Waals surface area (Å²) in [5, 5.41) is 5.63. The number of nitrogens with zero attached hydrogens (tertiary/aromatic N) is 3. The molecule has 9 heteroatoms. The van der Waals surface area contributed by atoms with Gasteiger partial charge in [0.15, 0.2) is 5.82 Å². The first-order chi connectivity index (χ1) is 19.7. The highest BCUT2D eigenvalue weighted by Gasteiger charge is 2.30. The number of imidazole rings is 1. The van der Waals surface area contributed by atoms with E-state index in [1.807, 2.05) is 65.6 Å². The van der Waals surface area contributed by atoms with Crippen LogP contribution in [-0.2, 0) is 25.7 Å². The average molecular weight is 560 g/mol. The van der Waals surface area contributed by atoms with Crippen molar-refractivity contribution in [3.63, 3.8) is 0 Å². The van der Waals surface area contributed by atoms with Crippen molar-refractivity contribution in [1.29, 1.82) is 0 Å². The Hall–Kier alpha value is -3.98. The zero-order valence-corrected chi connectivity index (χ0v) is 24.2. The van der Waals surface area contributed by atoms with E-state index in [1.54, 1.807) is 37.9 Å². The average Bonchev–Trinajstić information content (AvgIpc) is 3.23. The third kappa shape index (κ3) is 8.50. The van der Waals surface area contributed by atoms with Crippen LogP contribution in [0.2, 0.25) is 0 Å². The van der Waals surface area contributed by atoms with Crippen molar-refractivity contribution >= 4 is 23.5 Å². The molecule has 1 aliphatic rings. The molecule has 0 aliphatic carbocycles. The van der Waals surface area contributed by atoms with Crippen LogP contribution >= 0.6 is 0 Å². The highest BCUT2D eigenvalue weighted by atomic mass is 16.5. The predicted octanol–water partition coefficient (Wildman–Crippen LogP) is 4.56. The topological polar surface area (TPSA) is 106 Å². The second-order valence-electron chi connectivity index (χ2n) is 11.5. The largest absolute Gasteiger partial charge is 0.374 e. The minimum absolute atomic E-state index is 0.0106. The van der Waals surface area contributed by atoms with E-state index in [1.165, 1.54) is 0 Å². The van der Waals surface area contributed by atoms with E-state index in [0.717, 1.165) is 49.9 Å². The molecular formula is C32H41N5O4. The fourth-order valence-corrected chi connectivity index (χ4v) is 4.72. The maximum atomic E-state index is 13.8. The Bertz CT molecular complexity index is 1280. The van der Waals surface area contributed by atoms with Crippen LogP contribution in [0.4, 0.5) is 5.82 Å². The van der Waals surface area contributed by atoms with Gasteiger partial charge in [-0.2, -0.15) is 0 Å². The van der Waals surface area contributed by atoms with E-state index in [2.05, 4.69) is 15.6 Å². The summed E-state index contributed by atoms with van der Waals surface area (Å²) in [5.41, 5.74) is 1.13. The molecule has 0 saturated carbocycles. The van der Waals surface area contributed by atoms with Gasteiger partial charge in [0.25, 0.3) is 5.91 Å². The van der Waals surface area contributed by atoms with Crippen molar-refractivity contribution in [2.75, 3.05) is 25.0 Å². The molecule has 0 radical (unpaired) electrons. The summed E-state index contributed by atoms with van der Waals surface area (Å²) < 4.78 is 7.56. The first kappa shape index (κ1) is 30.0. The number of nitrogens with one attached hydrogen (secondary N) is 2. The van der Waals surface area contributed by atoms with Crippen LogP contribution in [0.3, 0.4) is 0 Å². The Labute approximate surface area is 242 Å². The molecule has 3 amide bonds. The van der Waals surface area contributed by atoms with Gasteiger partial charge in [-0.25, -0.2) is 4.98 Å². The highest BCUT2D eigenvalue weighted by Crippen LogP contribution is 2.24. The number of rotatable bonds is 10. The van der Waals surface area contributed by atoms with Gasteiger partial charge in [0.2, 0.25) is 11.8 Å². The molecule has 9 nitrogen and oxygen atoms in total. The quantitative estimate of drug-likeness (QED) is 0.379. The third-order valence-electron chi connectivity index (χ3n) is 7.12. The van der Waals surface area contributed by atoms with Gasteiger partial charge in [-0.15, -0.1) is 0 Å². The van der Waals surface area contributed by atoms with Gasteiger partial charge in [-0.3, -0.25) is 14.4 Å². The summed E-state index contributed by atoms with van der Waals surface area (Å²) >= 11 is 0. The summed E-state index contributed by atoms with van der Waals surface area (Å²) in [6, 6.07) is 17.7. The van der Waals surface area contributed by atoms with Crippen molar-refractivity contribution < 1.29 is 19.1 Å². The molecule has 1 aliphatic heterocycles. The van der Waals surface area contributed by atoms with Gasteiger partial charge >= 0.3 is 0 Å². The van der Waals surface area contributed by atoms with Gasteiger partial charge in [-0.05, 0) is 24.0 Å². The molecule has 4 rings (SSSR count). The Kier molecular flexibility index (Phi) is 10.3. The van der Waals surface area contributed by atoms with E-state index < -0.39 is 23.4 Å². The summed E-state index contributed by atoms with van der Waals surface area (Å²) in [7, 11) is 0. The number of aromatic nitrogens is 2. The number of carbonyl (C=O) groups is 3. The maximum Gasteiger partial charge on any atom is 0.250 e. The molecule has 2 heterocycles. The highest BCUT2D eigenvalue weighted by molar-refractivity contribution is 5.97. The molecular weight excluding hydrogens is 518 g/mol. The molecule has 1 saturated heterocycles. The van der Waals surface area contributed by atoms with Crippen LogP contribution in [0, 0.1) is 5.41 Å². The molecule has 2 N–H and O–H groups in total. The molecule has 2 atom stereocenters. The van der Waals surface area contributed by atoms with Crippen LogP contribution in [-0.4, -0.2) is 57.9 Å². The van der Waals surface area contributed by atoms with E-state index >= 15 is 0 Å². The predicted molar refractivity (Wildman–Crippen MR) is 158 cm³/mol. The third-order valence-corrected chi connectivity index (χ3v) is 7.12. The fraction of sp³-hybridized carbons (Fsp3) is 0.438. The van der Waals surface area contributed by atoms with Crippen LogP contribution in [0.5, 0.6) is 0 Å². The molecule has 3 aromatic rings. The Morgan fingerprint density at radius 1 is 0.927 bits per heavy atom. The zero-order chi connectivity index (χ0) is 29.2. The van der Waals surface area contributed by atoms with Gasteiger partial charge < -0.3 is 24.8 Å². The lowest BCUT2D eigenvalue weighted by molar-refractivity contribution is -0.133. The van der Waals surface area contributed by atoms with Gasteiger partial charge in [-0.1, -0.05) is 94.3 Å². The fourth-order valence-electron chi connectivity index (χ4n) is 4.72. The summed E-state index contributed by atoms with van der Waals surface area (Å²) in [4.78, 5) is 46.2. The number of likely N-dealkylation sites (tertiary alicyclic amines) is 1.